The fourth-order valence-corrected chi connectivity index (χ4v) is 6.97. The third-order valence-corrected chi connectivity index (χ3v) is 10.3. The van der Waals surface area contributed by atoms with E-state index in [9.17, 15) is 54.0 Å². The largest absolute Gasteiger partial charge is 0.480 e. The molecular formula is C41H60N8O11. The summed E-state index contributed by atoms with van der Waals surface area (Å²) in [6, 6.07) is 12.8. The lowest BCUT2D eigenvalue weighted by molar-refractivity contribution is -0.142. The third-order valence-electron chi connectivity index (χ3n) is 10.3. The number of hydrogen-bond acceptors (Lipinski definition) is 12. The highest BCUT2D eigenvalue weighted by Gasteiger charge is 2.28. The molecule has 330 valence electrons. The zero-order valence-corrected chi connectivity index (χ0v) is 34.2. The minimum Gasteiger partial charge on any atom is -0.480 e. The Balaban J connectivity index is 1.80. The fraction of sp³-hybridized carbons (Fsp3) is 0.537. The van der Waals surface area contributed by atoms with Crippen molar-refractivity contribution in [2.45, 2.75) is 57.2 Å². The second-order valence-corrected chi connectivity index (χ2v) is 14.8. The van der Waals surface area contributed by atoms with Crippen LogP contribution in [0.4, 0.5) is 0 Å². The van der Waals surface area contributed by atoms with Crippen LogP contribution in [0.5, 0.6) is 0 Å². The van der Waals surface area contributed by atoms with E-state index in [1.165, 1.54) is 0 Å². The first kappa shape index (κ1) is 48.9. The smallest absolute Gasteiger partial charge is 0.326 e. The number of aliphatic carboxylic acids is 4. The minimum atomic E-state index is -1.21. The summed E-state index contributed by atoms with van der Waals surface area (Å²) in [5, 5.41) is 46.3. The SMILES string of the molecule is CCN1CCN(CC(=O)O)CCN(CC(=O)O)CC(Cc2ccc(C(=O)NC(Cc3ccccc3)C(=O)NCC(=O)NC(CCCCN)C(=O)O)cc2)N(CC(=O)O)CC1. The summed E-state index contributed by atoms with van der Waals surface area (Å²) in [5.74, 6) is -6.27. The van der Waals surface area contributed by atoms with Gasteiger partial charge < -0.3 is 47.0 Å². The van der Waals surface area contributed by atoms with Gasteiger partial charge in [-0.1, -0.05) is 49.4 Å². The van der Waals surface area contributed by atoms with Crippen molar-refractivity contribution >= 4 is 41.6 Å². The van der Waals surface area contributed by atoms with Crippen molar-refractivity contribution in [1.29, 1.82) is 0 Å². The van der Waals surface area contributed by atoms with Crippen LogP contribution in [0.1, 0.15) is 47.7 Å². The van der Waals surface area contributed by atoms with Gasteiger partial charge in [0.1, 0.15) is 12.1 Å². The number of nitrogens with two attached hydrogens (primary N) is 1. The van der Waals surface area contributed by atoms with Gasteiger partial charge in [0.15, 0.2) is 0 Å². The number of amides is 3. The average Bonchev–Trinajstić information content (AvgIpc) is 3.20. The maximum Gasteiger partial charge on any atom is 0.326 e. The van der Waals surface area contributed by atoms with Gasteiger partial charge in [-0.15, -0.1) is 0 Å². The minimum absolute atomic E-state index is 0.0897. The lowest BCUT2D eigenvalue weighted by Gasteiger charge is -2.37. The van der Waals surface area contributed by atoms with Gasteiger partial charge >= 0.3 is 23.9 Å². The Morgan fingerprint density at radius 2 is 1.30 bits per heavy atom. The second-order valence-electron chi connectivity index (χ2n) is 14.8. The van der Waals surface area contributed by atoms with E-state index in [0.29, 0.717) is 65.1 Å². The van der Waals surface area contributed by atoms with Crippen LogP contribution in [0, 0.1) is 0 Å². The standard InChI is InChI=1S/C41H60N8O11/c1-2-46-16-17-47(26-36(51)52)18-19-48(27-37(53)54)25-32(49(21-20-46)28-38(55)56)22-30-11-13-31(14-12-30)39(57)45-34(23-29-8-4-3-5-9-29)40(58)43-24-35(50)44-33(41(59)60)10-6-7-15-42/h3-5,8-9,11-14,32-34H,2,6-7,10,15-28,42H2,1H3,(H,43,58)(H,44,50)(H,45,57)(H,51,52)(H,53,54)(H,55,56)(H,59,60). The van der Waals surface area contributed by atoms with Gasteiger partial charge in [-0.2, -0.15) is 0 Å². The molecule has 9 N–H and O–H groups in total. The molecule has 1 saturated heterocycles. The molecule has 3 atom stereocenters. The van der Waals surface area contributed by atoms with Crippen LogP contribution in [0.2, 0.25) is 0 Å². The lowest BCUT2D eigenvalue weighted by Crippen LogP contribution is -2.53. The molecule has 0 saturated carbocycles. The van der Waals surface area contributed by atoms with E-state index in [2.05, 4.69) is 20.9 Å². The van der Waals surface area contributed by atoms with Crippen LogP contribution in [-0.4, -0.2) is 185 Å². The fourth-order valence-electron chi connectivity index (χ4n) is 6.97. The summed E-state index contributed by atoms with van der Waals surface area (Å²) in [7, 11) is 0. The molecular weight excluding hydrogens is 780 g/mol. The van der Waals surface area contributed by atoms with Gasteiger partial charge in [-0.05, 0) is 62.0 Å². The van der Waals surface area contributed by atoms with Crippen LogP contribution in [0.15, 0.2) is 54.6 Å². The Labute approximate surface area is 349 Å². The molecule has 0 spiro atoms. The predicted molar refractivity (Wildman–Crippen MR) is 220 cm³/mol. The number of nitrogens with zero attached hydrogens (tertiary/aromatic N) is 4. The molecule has 0 aliphatic carbocycles. The summed E-state index contributed by atoms with van der Waals surface area (Å²) in [4.78, 5) is 94.3. The topological polar surface area (TPSA) is 275 Å². The monoisotopic (exact) mass is 840 g/mol. The highest BCUT2D eigenvalue weighted by atomic mass is 16.4. The van der Waals surface area contributed by atoms with E-state index < -0.39 is 66.3 Å². The first-order chi connectivity index (χ1) is 28.7. The number of carbonyl (C=O) groups excluding carboxylic acids is 3. The van der Waals surface area contributed by atoms with Crippen LogP contribution in [0.3, 0.4) is 0 Å². The molecule has 2 aromatic rings. The van der Waals surface area contributed by atoms with E-state index >= 15 is 0 Å². The number of carboxylic acid groups (broad SMARTS) is 4. The molecule has 3 amide bonds. The summed E-state index contributed by atoms with van der Waals surface area (Å²) >= 11 is 0. The molecule has 3 unspecified atom stereocenters. The number of carboxylic acids is 4. The van der Waals surface area contributed by atoms with Crippen LogP contribution in [0.25, 0.3) is 0 Å². The molecule has 0 radical (unpaired) electrons. The first-order valence-corrected chi connectivity index (χ1v) is 20.2. The van der Waals surface area contributed by atoms with Gasteiger partial charge in [0, 0.05) is 63.8 Å². The highest BCUT2D eigenvalue weighted by molar-refractivity contribution is 5.98. The summed E-state index contributed by atoms with van der Waals surface area (Å²) in [5.41, 5.74) is 7.18. The Hall–Kier alpha value is -5.47. The van der Waals surface area contributed by atoms with Crippen molar-refractivity contribution in [3.8, 4) is 0 Å². The van der Waals surface area contributed by atoms with Gasteiger partial charge in [0.05, 0.1) is 26.2 Å². The molecule has 2 aromatic carbocycles. The zero-order valence-electron chi connectivity index (χ0n) is 34.2. The van der Waals surface area contributed by atoms with E-state index in [1.54, 1.807) is 64.4 Å². The zero-order chi connectivity index (χ0) is 44.0. The predicted octanol–water partition coefficient (Wildman–Crippen LogP) is -0.751. The Morgan fingerprint density at radius 3 is 1.90 bits per heavy atom. The quantitative estimate of drug-likeness (QED) is 0.0678. The van der Waals surface area contributed by atoms with Crippen molar-refractivity contribution in [3.63, 3.8) is 0 Å². The summed E-state index contributed by atoms with van der Waals surface area (Å²) < 4.78 is 0. The lowest BCUT2D eigenvalue weighted by atomic mass is 10.0. The number of hydrogen-bond donors (Lipinski definition) is 8. The molecule has 1 heterocycles. The van der Waals surface area contributed by atoms with Gasteiger partial charge in [0.2, 0.25) is 11.8 Å². The van der Waals surface area contributed by atoms with Gasteiger partial charge in [0.25, 0.3) is 5.91 Å². The normalized spacial score (nSPS) is 17.3. The van der Waals surface area contributed by atoms with Crippen molar-refractivity contribution in [1.82, 2.24) is 35.6 Å². The third kappa shape index (κ3) is 18.2. The maximum absolute atomic E-state index is 13.6. The van der Waals surface area contributed by atoms with Crippen molar-refractivity contribution < 1.29 is 54.0 Å². The van der Waals surface area contributed by atoms with Gasteiger partial charge in [-0.3, -0.25) is 43.5 Å². The molecule has 60 heavy (non-hydrogen) atoms. The molecule has 19 heteroatoms. The average molecular weight is 841 g/mol. The van der Waals surface area contributed by atoms with E-state index in [0.717, 1.165) is 11.1 Å². The van der Waals surface area contributed by atoms with Crippen molar-refractivity contribution in [3.05, 3.63) is 71.3 Å². The summed E-state index contributed by atoms with van der Waals surface area (Å²) in [6.45, 7) is 4.22. The van der Waals surface area contributed by atoms with Gasteiger partial charge in [-0.25, -0.2) is 4.79 Å². The van der Waals surface area contributed by atoms with Crippen LogP contribution in [-0.2, 0) is 41.6 Å². The Morgan fingerprint density at radius 1 is 0.700 bits per heavy atom. The Bertz CT molecular complexity index is 1720. The molecule has 1 aliphatic heterocycles. The van der Waals surface area contributed by atoms with Crippen LogP contribution < -0.4 is 21.7 Å². The number of nitrogens with one attached hydrogen (secondary N) is 3. The number of benzene rings is 2. The molecule has 1 fully saturated rings. The number of likely N-dealkylation sites (N-methyl/N-ethyl adjacent to an activating group) is 1. The molecule has 0 aromatic heterocycles. The maximum atomic E-state index is 13.6. The van der Waals surface area contributed by atoms with Crippen molar-refractivity contribution in [2.24, 2.45) is 5.73 Å². The van der Waals surface area contributed by atoms with Crippen molar-refractivity contribution in [2.75, 3.05) is 85.1 Å². The highest BCUT2D eigenvalue weighted by Crippen LogP contribution is 2.15. The second kappa shape index (κ2) is 25.9. The Kier molecular flexibility index (Phi) is 21.1. The first-order valence-electron chi connectivity index (χ1n) is 20.2. The molecule has 19 nitrogen and oxygen atoms in total. The number of carbonyl (C=O) groups is 7. The van der Waals surface area contributed by atoms with Crippen LogP contribution >= 0.6 is 0 Å². The van der Waals surface area contributed by atoms with E-state index in [1.807, 2.05) is 11.8 Å². The summed E-state index contributed by atoms with van der Waals surface area (Å²) in [6.07, 6.45) is 1.65. The van der Waals surface area contributed by atoms with E-state index in [4.69, 9.17) is 5.73 Å². The molecule has 3 rings (SSSR count). The molecule has 0 bridgehead atoms. The van der Waals surface area contributed by atoms with E-state index in [-0.39, 0.29) is 51.1 Å². The number of rotatable bonds is 22. The number of unbranched alkanes of at least 4 members (excludes halogenated alkanes) is 1. The molecule has 1 aliphatic rings.